The van der Waals surface area contributed by atoms with Crippen LogP contribution < -0.4 is 14.9 Å². The number of aromatic nitrogens is 3. The molecule has 1 aliphatic rings. The maximum atomic E-state index is 15.0. The summed E-state index contributed by atoms with van der Waals surface area (Å²) < 4.78 is 60.9. The number of hydrogen-bond acceptors (Lipinski definition) is 7. The number of rotatable bonds is 8. The molecule has 0 bridgehead atoms. The smallest absolute Gasteiger partial charge is 0.261 e. The quantitative estimate of drug-likeness (QED) is 0.297. The van der Waals surface area contributed by atoms with Crippen LogP contribution in [0.1, 0.15) is 23.7 Å². The van der Waals surface area contributed by atoms with Gasteiger partial charge in [-0.3, -0.25) is 9.52 Å². The van der Waals surface area contributed by atoms with E-state index in [0.717, 1.165) is 42.3 Å². The van der Waals surface area contributed by atoms with Crippen molar-refractivity contribution in [2.45, 2.75) is 13.3 Å². The number of morpholine rings is 1. The highest BCUT2D eigenvalue weighted by Gasteiger charge is 2.23. The summed E-state index contributed by atoms with van der Waals surface area (Å²) in [5, 5.41) is 3.09. The second kappa shape index (κ2) is 10.9. The van der Waals surface area contributed by atoms with Crippen molar-refractivity contribution in [2.24, 2.45) is 0 Å². The van der Waals surface area contributed by atoms with Crippen LogP contribution in [0.2, 0.25) is 0 Å². The predicted molar refractivity (Wildman–Crippen MR) is 144 cm³/mol. The van der Waals surface area contributed by atoms with Crippen LogP contribution in [-0.2, 0) is 14.8 Å². The lowest BCUT2D eigenvalue weighted by atomic mass is 10.1. The summed E-state index contributed by atoms with van der Waals surface area (Å²) in [7, 11) is -3.84. The number of nitrogens with zero attached hydrogens (tertiary/aromatic N) is 3. The van der Waals surface area contributed by atoms with Crippen molar-refractivity contribution in [3.8, 4) is 11.3 Å². The van der Waals surface area contributed by atoms with Crippen LogP contribution in [0.4, 0.5) is 26.0 Å². The third kappa shape index (κ3) is 5.83. The minimum absolute atomic E-state index is 0.203. The third-order valence-corrected chi connectivity index (χ3v) is 7.66. The first kappa shape index (κ1) is 26.5. The van der Waals surface area contributed by atoms with Crippen LogP contribution >= 0.6 is 0 Å². The number of ether oxygens (including phenoxy) is 1. The molecule has 0 unspecified atom stereocenters. The topological polar surface area (TPSA) is 129 Å². The van der Waals surface area contributed by atoms with Gasteiger partial charge in [0.05, 0.1) is 36.5 Å². The van der Waals surface area contributed by atoms with Crippen LogP contribution in [0.5, 0.6) is 0 Å². The Balaban J connectivity index is 1.35. The zero-order valence-electron chi connectivity index (χ0n) is 21.0. The van der Waals surface area contributed by atoms with Crippen LogP contribution in [0, 0.1) is 11.6 Å². The van der Waals surface area contributed by atoms with E-state index in [9.17, 15) is 22.0 Å². The standard InChI is InChI=1S/C26H26F2N6O4S/c1-2-11-39(36,37)33-20-5-4-19(27)23(24(20)28)26(35)31-18-12-17-13-21(32-25(17)30-15-18)16-3-6-22(29-14-16)34-7-9-38-10-8-34/h3-6,12-15,33H,2,7-11H2,1H3,(H,30,32)(H,31,35). The largest absolute Gasteiger partial charge is 0.378 e. The Morgan fingerprint density at radius 1 is 1.10 bits per heavy atom. The van der Waals surface area contributed by atoms with Crippen LogP contribution in [-0.4, -0.2) is 61.3 Å². The molecule has 4 heterocycles. The van der Waals surface area contributed by atoms with Gasteiger partial charge in [-0.1, -0.05) is 6.92 Å². The normalized spacial score (nSPS) is 14.0. The second-order valence-corrected chi connectivity index (χ2v) is 10.9. The lowest BCUT2D eigenvalue weighted by molar-refractivity contribution is 0.101. The zero-order chi connectivity index (χ0) is 27.6. The fourth-order valence-electron chi connectivity index (χ4n) is 4.28. The number of fused-ring (bicyclic) bond motifs is 1. The summed E-state index contributed by atoms with van der Waals surface area (Å²) in [4.78, 5) is 27.0. The molecule has 0 aliphatic carbocycles. The number of carbonyl (C=O) groups excluding carboxylic acids is 1. The molecular formula is C26H26F2N6O4S. The fourth-order valence-corrected chi connectivity index (χ4v) is 5.42. The Morgan fingerprint density at radius 2 is 1.90 bits per heavy atom. The minimum Gasteiger partial charge on any atom is -0.378 e. The molecule has 1 saturated heterocycles. The average Bonchev–Trinajstić information content (AvgIpc) is 3.34. The number of aromatic amines is 1. The minimum atomic E-state index is -3.84. The lowest BCUT2D eigenvalue weighted by Crippen LogP contribution is -2.36. The monoisotopic (exact) mass is 556 g/mol. The third-order valence-electron chi connectivity index (χ3n) is 6.18. The van der Waals surface area contributed by atoms with Gasteiger partial charge in [0, 0.05) is 35.9 Å². The van der Waals surface area contributed by atoms with E-state index in [2.05, 4.69) is 29.9 Å². The van der Waals surface area contributed by atoms with Crippen molar-refractivity contribution in [1.82, 2.24) is 15.0 Å². The molecule has 1 amide bonds. The molecule has 0 atom stereocenters. The highest BCUT2D eigenvalue weighted by atomic mass is 32.2. The zero-order valence-corrected chi connectivity index (χ0v) is 21.8. The number of halogens is 2. The van der Waals surface area contributed by atoms with Crippen molar-refractivity contribution in [2.75, 3.05) is 47.0 Å². The van der Waals surface area contributed by atoms with Gasteiger partial charge in [0.25, 0.3) is 5.91 Å². The van der Waals surface area contributed by atoms with E-state index in [4.69, 9.17) is 4.74 Å². The van der Waals surface area contributed by atoms with Crippen LogP contribution in [0.15, 0.2) is 48.8 Å². The first-order valence-corrected chi connectivity index (χ1v) is 14.0. The summed E-state index contributed by atoms with van der Waals surface area (Å²) in [6.07, 6.45) is 3.41. The van der Waals surface area contributed by atoms with Gasteiger partial charge in [-0.05, 0) is 42.8 Å². The van der Waals surface area contributed by atoms with Gasteiger partial charge in [-0.25, -0.2) is 27.2 Å². The van der Waals surface area contributed by atoms with Crippen LogP contribution in [0.25, 0.3) is 22.3 Å². The Morgan fingerprint density at radius 3 is 2.62 bits per heavy atom. The van der Waals surface area contributed by atoms with Crippen molar-refractivity contribution < 1.29 is 26.7 Å². The maximum absolute atomic E-state index is 15.0. The number of hydrogen-bond donors (Lipinski definition) is 3. The van der Waals surface area contributed by atoms with Gasteiger partial charge in [0.15, 0.2) is 5.82 Å². The molecule has 204 valence electrons. The average molecular weight is 557 g/mol. The number of pyridine rings is 2. The maximum Gasteiger partial charge on any atom is 0.261 e. The molecule has 0 spiro atoms. The van der Waals surface area contributed by atoms with E-state index in [0.29, 0.717) is 30.7 Å². The van der Waals surface area contributed by atoms with Crippen molar-refractivity contribution in [1.29, 1.82) is 0 Å². The fraction of sp³-hybridized carbons (Fsp3) is 0.269. The van der Waals surface area contributed by atoms with Gasteiger partial charge in [-0.2, -0.15) is 0 Å². The van der Waals surface area contributed by atoms with Gasteiger partial charge >= 0.3 is 0 Å². The van der Waals surface area contributed by atoms with E-state index in [1.165, 1.54) is 6.20 Å². The first-order valence-electron chi connectivity index (χ1n) is 12.3. The Kier molecular flexibility index (Phi) is 7.44. The Hall–Kier alpha value is -4.10. The van der Waals surface area contributed by atoms with E-state index < -0.39 is 38.8 Å². The molecule has 1 aliphatic heterocycles. The molecule has 4 aromatic rings. The predicted octanol–water partition coefficient (Wildman–Crippen LogP) is 4.14. The number of sulfonamides is 1. The lowest BCUT2D eigenvalue weighted by Gasteiger charge is -2.27. The molecule has 1 fully saturated rings. The van der Waals surface area contributed by atoms with E-state index in [1.807, 2.05) is 18.2 Å². The summed E-state index contributed by atoms with van der Waals surface area (Å²) in [5.41, 5.74) is 0.924. The highest BCUT2D eigenvalue weighted by Crippen LogP contribution is 2.27. The van der Waals surface area contributed by atoms with E-state index in [-0.39, 0.29) is 11.4 Å². The molecule has 3 aromatic heterocycles. The van der Waals surface area contributed by atoms with E-state index >= 15 is 0 Å². The van der Waals surface area contributed by atoms with Gasteiger partial charge in [0.1, 0.15) is 22.8 Å². The molecule has 39 heavy (non-hydrogen) atoms. The first-order chi connectivity index (χ1) is 18.7. The number of carbonyl (C=O) groups is 1. The number of amides is 1. The van der Waals surface area contributed by atoms with Gasteiger partial charge in [0.2, 0.25) is 10.0 Å². The molecule has 10 nitrogen and oxygen atoms in total. The van der Waals surface area contributed by atoms with Gasteiger partial charge in [-0.15, -0.1) is 0 Å². The molecule has 5 rings (SSSR count). The SMILES string of the molecule is CCCS(=O)(=O)Nc1ccc(F)c(C(=O)Nc2cnc3[nH]c(-c4ccc(N5CCOCC5)nc4)cc3c2)c1F. The number of nitrogens with one attached hydrogen (secondary N) is 3. The van der Waals surface area contributed by atoms with Crippen molar-refractivity contribution in [3.05, 3.63) is 66.0 Å². The molecule has 0 saturated carbocycles. The molecule has 13 heteroatoms. The Labute approximate surface area is 223 Å². The van der Waals surface area contributed by atoms with Crippen LogP contribution in [0.3, 0.4) is 0 Å². The summed E-state index contributed by atoms with van der Waals surface area (Å²) in [5.74, 6) is -2.90. The molecule has 3 N–H and O–H groups in total. The second-order valence-electron chi connectivity index (χ2n) is 9.01. The van der Waals surface area contributed by atoms with Crippen molar-refractivity contribution in [3.63, 3.8) is 0 Å². The van der Waals surface area contributed by atoms with Crippen molar-refractivity contribution >= 4 is 44.2 Å². The molecular weight excluding hydrogens is 530 g/mol. The highest BCUT2D eigenvalue weighted by molar-refractivity contribution is 7.92. The number of benzene rings is 1. The molecule has 0 radical (unpaired) electrons. The number of anilines is 3. The molecule has 1 aromatic carbocycles. The Bertz CT molecular complexity index is 1620. The van der Waals surface area contributed by atoms with E-state index in [1.54, 1.807) is 19.2 Å². The summed E-state index contributed by atoms with van der Waals surface area (Å²) in [6.45, 7) is 4.54. The summed E-state index contributed by atoms with van der Waals surface area (Å²) in [6, 6.07) is 9.09. The number of H-pyrrole nitrogens is 1. The van der Waals surface area contributed by atoms with Gasteiger partial charge < -0.3 is 19.9 Å². The summed E-state index contributed by atoms with van der Waals surface area (Å²) >= 11 is 0.